The van der Waals surface area contributed by atoms with Crippen LogP contribution in [0.1, 0.15) is 33.5 Å². The highest BCUT2D eigenvalue weighted by molar-refractivity contribution is 6.34. The van der Waals surface area contributed by atoms with Crippen LogP contribution >= 0.6 is 23.2 Å². The highest BCUT2D eigenvalue weighted by Gasteiger charge is 2.18. The van der Waals surface area contributed by atoms with E-state index in [9.17, 15) is 9.90 Å². The predicted molar refractivity (Wildman–Crippen MR) is 79.7 cm³/mol. The quantitative estimate of drug-likeness (QED) is 0.904. The van der Waals surface area contributed by atoms with Crippen molar-refractivity contribution in [3.05, 3.63) is 50.8 Å². The Balaban J connectivity index is 2.04. The topological polar surface area (TPSA) is 75.4 Å². The number of carbonyl (C=O) groups is 1. The van der Waals surface area contributed by atoms with Crippen molar-refractivity contribution in [3.63, 3.8) is 0 Å². The molecule has 0 aliphatic carbocycles. The standard InChI is InChI=1S/C14H14Cl2N2O3/c1-7-13(8(2)21-18-7)14(20)17-6-12(19)9-3-10(15)5-11(16)4-9/h3-5,12,19H,6H2,1-2H3,(H,17,20)/t12-/m0/s1. The summed E-state index contributed by atoms with van der Waals surface area (Å²) in [6, 6.07) is 4.77. The van der Waals surface area contributed by atoms with Gasteiger partial charge in [-0.1, -0.05) is 28.4 Å². The van der Waals surface area contributed by atoms with Gasteiger partial charge in [0.1, 0.15) is 11.3 Å². The monoisotopic (exact) mass is 328 g/mol. The van der Waals surface area contributed by atoms with Crippen LogP contribution in [0.15, 0.2) is 22.7 Å². The summed E-state index contributed by atoms with van der Waals surface area (Å²) in [6.07, 6.45) is -0.911. The van der Waals surface area contributed by atoms with Gasteiger partial charge in [0, 0.05) is 16.6 Å². The highest BCUT2D eigenvalue weighted by Crippen LogP contribution is 2.23. The van der Waals surface area contributed by atoms with Crippen molar-refractivity contribution in [1.82, 2.24) is 10.5 Å². The molecule has 1 aromatic carbocycles. The lowest BCUT2D eigenvalue weighted by Gasteiger charge is -2.13. The second-order valence-electron chi connectivity index (χ2n) is 4.63. The molecule has 0 saturated carbocycles. The van der Waals surface area contributed by atoms with Crippen LogP contribution in [-0.2, 0) is 0 Å². The minimum Gasteiger partial charge on any atom is -0.387 e. The Hall–Kier alpha value is -1.56. The van der Waals surface area contributed by atoms with Crippen LogP contribution in [0.3, 0.4) is 0 Å². The van der Waals surface area contributed by atoms with Gasteiger partial charge in [0.25, 0.3) is 5.91 Å². The zero-order valence-electron chi connectivity index (χ0n) is 11.5. The number of hydrogen-bond donors (Lipinski definition) is 2. The van der Waals surface area contributed by atoms with Crippen LogP contribution in [0.2, 0.25) is 10.0 Å². The smallest absolute Gasteiger partial charge is 0.256 e. The van der Waals surface area contributed by atoms with E-state index in [0.717, 1.165) is 0 Å². The predicted octanol–water partition coefficient (Wildman–Crippen LogP) is 3.06. The maximum Gasteiger partial charge on any atom is 0.256 e. The molecule has 5 nitrogen and oxygen atoms in total. The number of carbonyl (C=O) groups excluding carboxylic acids is 1. The van der Waals surface area contributed by atoms with Gasteiger partial charge in [0.2, 0.25) is 0 Å². The minimum atomic E-state index is -0.911. The lowest BCUT2D eigenvalue weighted by Crippen LogP contribution is -2.29. The van der Waals surface area contributed by atoms with E-state index in [-0.39, 0.29) is 12.5 Å². The van der Waals surface area contributed by atoms with E-state index in [4.69, 9.17) is 27.7 Å². The first-order chi connectivity index (χ1) is 9.88. The lowest BCUT2D eigenvalue weighted by atomic mass is 10.1. The molecular weight excluding hydrogens is 315 g/mol. The fourth-order valence-electron chi connectivity index (χ4n) is 1.97. The van der Waals surface area contributed by atoms with E-state index in [2.05, 4.69) is 10.5 Å². The van der Waals surface area contributed by atoms with Crippen molar-refractivity contribution in [1.29, 1.82) is 0 Å². The summed E-state index contributed by atoms with van der Waals surface area (Å²) in [5.41, 5.74) is 1.42. The van der Waals surface area contributed by atoms with Gasteiger partial charge in [-0.05, 0) is 37.6 Å². The van der Waals surface area contributed by atoms with E-state index in [1.54, 1.807) is 32.0 Å². The first-order valence-electron chi connectivity index (χ1n) is 6.23. The van der Waals surface area contributed by atoms with Crippen LogP contribution in [0.4, 0.5) is 0 Å². The molecule has 21 heavy (non-hydrogen) atoms. The van der Waals surface area contributed by atoms with Gasteiger partial charge in [-0.3, -0.25) is 4.79 Å². The molecule has 0 aliphatic rings. The molecule has 1 amide bonds. The summed E-state index contributed by atoms with van der Waals surface area (Å²) in [5, 5.41) is 17.3. The van der Waals surface area contributed by atoms with Gasteiger partial charge in [0.15, 0.2) is 0 Å². The van der Waals surface area contributed by atoms with Gasteiger partial charge < -0.3 is 14.9 Å². The summed E-state index contributed by atoms with van der Waals surface area (Å²) >= 11 is 11.8. The number of aryl methyl sites for hydroxylation is 2. The number of rotatable bonds is 4. The number of aromatic nitrogens is 1. The molecule has 0 bridgehead atoms. The van der Waals surface area contributed by atoms with Crippen LogP contribution in [0.25, 0.3) is 0 Å². The third kappa shape index (κ3) is 3.75. The maximum atomic E-state index is 12.0. The van der Waals surface area contributed by atoms with Crippen molar-refractivity contribution in [2.24, 2.45) is 0 Å². The van der Waals surface area contributed by atoms with Crippen LogP contribution < -0.4 is 5.32 Å². The van der Waals surface area contributed by atoms with Gasteiger partial charge >= 0.3 is 0 Å². The van der Waals surface area contributed by atoms with E-state index in [0.29, 0.717) is 32.6 Å². The molecular formula is C14H14Cl2N2O3. The largest absolute Gasteiger partial charge is 0.387 e. The molecule has 0 radical (unpaired) electrons. The summed E-state index contributed by atoms with van der Waals surface area (Å²) in [4.78, 5) is 12.0. The number of nitrogens with zero attached hydrogens (tertiary/aromatic N) is 1. The zero-order valence-corrected chi connectivity index (χ0v) is 13.0. The molecule has 0 fully saturated rings. The van der Waals surface area contributed by atoms with E-state index in [1.165, 1.54) is 0 Å². The molecule has 0 saturated heterocycles. The van der Waals surface area contributed by atoms with E-state index in [1.807, 2.05) is 0 Å². The van der Waals surface area contributed by atoms with Crippen molar-refractivity contribution >= 4 is 29.1 Å². The summed E-state index contributed by atoms with van der Waals surface area (Å²) in [6.45, 7) is 3.36. The molecule has 0 aliphatic heterocycles. The molecule has 2 N–H and O–H groups in total. The van der Waals surface area contributed by atoms with E-state index < -0.39 is 6.10 Å². The van der Waals surface area contributed by atoms with Crippen LogP contribution in [0.5, 0.6) is 0 Å². The summed E-state index contributed by atoms with van der Waals surface area (Å²) in [5.74, 6) is 0.0868. The third-order valence-corrected chi connectivity index (χ3v) is 3.42. The number of halogens is 2. The molecule has 0 spiro atoms. The number of hydrogen-bond acceptors (Lipinski definition) is 4. The Morgan fingerprint density at radius 3 is 2.48 bits per heavy atom. The zero-order chi connectivity index (χ0) is 15.6. The second kappa shape index (κ2) is 6.47. The summed E-state index contributed by atoms with van der Waals surface area (Å²) in [7, 11) is 0. The normalized spacial score (nSPS) is 12.2. The number of amides is 1. The van der Waals surface area contributed by atoms with Gasteiger partial charge in [-0.2, -0.15) is 0 Å². The molecule has 112 valence electrons. The second-order valence-corrected chi connectivity index (χ2v) is 5.50. The Morgan fingerprint density at radius 2 is 1.95 bits per heavy atom. The number of benzene rings is 1. The number of aliphatic hydroxyl groups is 1. The summed E-state index contributed by atoms with van der Waals surface area (Å²) < 4.78 is 4.93. The van der Waals surface area contributed by atoms with Gasteiger partial charge in [0.05, 0.1) is 11.8 Å². The van der Waals surface area contributed by atoms with Crippen LogP contribution in [-0.4, -0.2) is 22.7 Å². The first kappa shape index (κ1) is 15.8. The average molecular weight is 329 g/mol. The SMILES string of the molecule is Cc1noc(C)c1C(=O)NC[C@H](O)c1cc(Cl)cc(Cl)c1. The fourth-order valence-corrected chi connectivity index (χ4v) is 2.51. The van der Waals surface area contributed by atoms with Crippen molar-refractivity contribution in [2.75, 3.05) is 6.54 Å². The van der Waals surface area contributed by atoms with E-state index >= 15 is 0 Å². The highest BCUT2D eigenvalue weighted by atomic mass is 35.5. The molecule has 1 aromatic heterocycles. The number of aliphatic hydroxyl groups excluding tert-OH is 1. The van der Waals surface area contributed by atoms with Crippen molar-refractivity contribution < 1.29 is 14.4 Å². The fraction of sp³-hybridized carbons (Fsp3) is 0.286. The Bertz CT molecular complexity index is 630. The van der Waals surface area contributed by atoms with Crippen molar-refractivity contribution in [3.8, 4) is 0 Å². The average Bonchev–Trinajstić information content (AvgIpc) is 2.74. The minimum absolute atomic E-state index is 0.0273. The Kier molecular flexibility index (Phi) is 4.88. The molecule has 1 atom stereocenters. The molecule has 2 rings (SSSR count). The molecule has 1 heterocycles. The molecule has 0 unspecified atom stereocenters. The number of nitrogens with one attached hydrogen (secondary N) is 1. The van der Waals surface area contributed by atoms with Gasteiger partial charge in [-0.15, -0.1) is 0 Å². The lowest BCUT2D eigenvalue weighted by molar-refractivity contribution is 0.0914. The Labute approximate surface area is 131 Å². The molecule has 7 heteroatoms. The Morgan fingerprint density at radius 1 is 1.33 bits per heavy atom. The third-order valence-electron chi connectivity index (χ3n) is 2.99. The molecule has 2 aromatic rings. The maximum absolute atomic E-state index is 12.0. The van der Waals surface area contributed by atoms with Gasteiger partial charge in [-0.25, -0.2) is 0 Å². The van der Waals surface area contributed by atoms with Crippen molar-refractivity contribution in [2.45, 2.75) is 20.0 Å². The van der Waals surface area contributed by atoms with Crippen LogP contribution in [0, 0.1) is 13.8 Å². The first-order valence-corrected chi connectivity index (χ1v) is 6.99.